The molecule has 0 heterocycles. The predicted molar refractivity (Wildman–Crippen MR) is 64.4 cm³/mol. The Morgan fingerprint density at radius 3 is 2.69 bits per heavy atom. The summed E-state index contributed by atoms with van der Waals surface area (Å²) in [5, 5.41) is 11.7. The van der Waals surface area contributed by atoms with Gasteiger partial charge in [0.2, 0.25) is 0 Å². The van der Waals surface area contributed by atoms with Crippen molar-refractivity contribution in [3.63, 3.8) is 0 Å². The lowest BCUT2D eigenvalue weighted by molar-refractivity contribution is 0.411. The number of hydrogen-bond donors (Lipinski definition) is 1. The highest BCUT2D eigenvalue weighted by molar-refractivity contribution is 5.41. The van der Waals surface area contributed by atoms with Crippen molar-refractivity contribution in [2.75, 3.05) is 13.7 Å². The molecular weight excluding hydrogens is 200 g/mol. The second kappa shape index (κ2) is 6.14. The third-order valence-electron chi connectivity index (χ3n) is 2.58. The second-order valence-electron chi connectivity index (χ2n) is 3.83. The Labute approximate surface area is 97.0 Å². The molecule has 3 nitrogen and oxygen atoms in total. The van der Waals surface area contributed by atoms with Crippen LogP contribution in [0.15, 0.2) is 12.1 Å². The Bertz CT molecular complexity index is 394. The number of aryl methyl sites for hydroxylation is 2. The summed E-state index contributed by atoms with van der Waals surface area (Å²) in [7, 11) is 1.69. The number of nitriles is 1. The monoisotopic (exact) mass is 218 g/mol. The largest absolute Gasteiger partial charge is 0.496 e. The molecule has 86 valence electrons. The number of nitrogens with one attached hydrogen (secondary N) is 1. The van der Waals surface area contributed by atoms with Crippen molar-refractivity contribution in [2.24, 2.45) is 0 Å². The minimum absolute atomic E-state index is 0.550. The highest BCUT2D eigenvalue weighted by Crippen LogP contribution is 2.22. The van der Waals surface area contributed by atoms with Gasteiger partial charge >= 0.3 is 0 Å². The Morgan fingerprint density at radius 1 is 1.31 bits per heavy atom. The van der Waals surface area contributed by atoms with Gasteiger partial charge in [0.1, 0.15) is 5.75 Å². The lowest BCUT2D eigenvalue weighted by Gasteiger charge is -2.11. The summed E-state index contributed by atoms with van der Waals surface area (Å²) < 4.78 is 5.26. The molecular formula is C13H18N2O. The van der Waals surface area contributed by atoms with Gasteiger partial charge in [0, 0.05) is 19.5 Å². The predicted octanol–water partition coefficient (Wildman–Crippen LogP) is 2.32. The zero-order valence-corrected chi connectivity index (χ0v) is 10.1. The normalized spacial score (nSPS) is 9.88. The summed E-state index contributed by atoms with van der Waals surface area (Å²) in [5.41, 5.74) is 3.62. The number of methoxy groups -OCH3 is 1. The van der Waals surface area contributed by atoms with Crippen LogP contribution in [0.1, 0.15) is 23.1 Å². The molecule has 0 aliphatic heterocycles. The van der Waals surface area contributed by atoms with Crippen molar-refractivity contribution in [3.8, 4) is 11.8 Å². The fourth-order valence-corrected chi connectivity index (χ4v) is 1.63. The number of rotatable bonds is 5. The van der Waals surface area contributed by atoms with Crippen LogP contribution in [0.4, 0.5) is 0 Å². The molecule has 0 aliphatic rings. The fourth-order valence-electron chi connectivity index (χ4n) is 1.63. The molecule has 0 bridgehead atoms. The Balaban J connectivity index is 2.67. The van der Waals surface area contributed by atoms with Crippen LogP contribution in [0.2, 0.25) is 0 Å². The zero-order valence-electron chi connectivity index (χ0n) is 10.1. The quantitative estimate of drug-likeness (QED) is 0.771. The van der Waals surface area contributed by atoms with Crippen LogP contribution in [0.25, 0.3) is 0 Å². The molecule has 0 amide bonds. The third kappa shape index (κ3) is 3.25. The van der Waals surface area contributed by atoms with Crippen molar-refractivity contribution < 1.29 is 4.74 Å². The summed E-state index contributed by atoms with van der Waals surface area (Å²) >= 11 is 0. The number of hydrogen-bond acceptors (Lipinski definition) is 3. The van der Waals surface area contributed by atoms with Crippen LogP contribution in [0, 0.1) is 25.2 Å². The van der Waals surface area contributed by atoms with Gasteiger partial charge in [0.25, 0.3) is 0 Å². The maximum atomic E-state index is 8.42. The fraction of sp³-hybridized carbons (Fsp3) is 0.462. The van der Waals surface area contributed by atoms with E-state index in [0.29, 0.717) is 6.42 Å². The Kier molecular flexibility index (Phi) is 4.81. The molecule has 0 aromatic heterocycles. The van der Waals surface area contributed by atoms with Gasteiger partial charge in [-0.05, 0) is 36.6 Å². The standard InChI is InChI=1S/C13H18N2O/c1-10-8-13(16-3)11(2)7-12(10)9-15-6-4-5-14/h7-8,15H,4,6,9H2,1-3H3. The summed E-state index contributed by atoms with van der Waals surface area (Å²) in [5.74, 6) is 0.929. The molecule has 1 N–H and O–H groups in total. The van der Waals surface area contributed by atoms with Gasteiger partial charge in [-0.1, -0.05) is 6.07 Å². The Hall–Kier alpha value is -1.53. The summed E-state index contributed by atoms with van der Waals surface area (Å²) in [6.45, 7) is 5.65. The molecule has 0 saturated heterocycles. The molecule has 1 aromatic rings. The molecule has 0 aliphatic carbocycles. The zero-order chi connectivity index (χ0) is 12.0. The highest BCUT2D eigenvalue weighted by Gasteiger charge is 2.04. The molecule has 0 spiro atoms. The van der Waals surface area contributed by atoms with E-state index in [1.807, 2.05) is 6.92 Å². The van der Waals surface area contributed by atoms with E-state index in [0.717, 1.165) is 24.4 Å². The summed E-state index contributed by atoms with van der Waals surface area (Å²) in [4.78, 5) is 0. The van der Waals surface area contributed by atoms with E-state index in [2.05, 4.69) is 30.4 Å². The van der Waals surface area contributed by atoms with Crippen molar-refractivity contribution in [1.29, 1.82) is 5.26 Å². The molecule has 0 saturated carbocycles. The van der Waals surface area contributed by atoms with E-state index in [4.69, 9.17) is 10.00 Å². The van der Waals surface area contributed by atoms with Gasteiger partial charge < -0.3 is 10.1 Å². The van der Waals surface area contributed by atoms with E-state index >= 15 is 0 Å². The van der Waals surface area contributed by atoms with Gasteiger partial charge in [0.05, 0.1) is 13.2 Å². The summed E-state index contributed by atoms with van der Waals surface area (Å²) in [6.07, 6.45) is 0.550. The molecule has 1 aromatic carbocycles. The topological polar surface area (TPSA) is 45.0 Å². The maximum absolute atomic E-state index is 8.42. The smallest absolute Gasteiger partial charge is 0.122 e. The summed E-state index contributed by atoms with van der Waals surface area (Å²) in [6, 6.07) is 6.30. The number of benzene rings is 1. The SMILES string of the molecule is COc1cc(C)c(CNCCC#N)cc1C. The van der Waals surface area contributed by atoms with E-state index < -0.39 is 0 Å². The third-order valence-corrected chi connectivity index (χ3v) is 2.58. The van der Waals surface area contributed by atoms with Gasteiger partial charge in [-0.3, -0.25) is 0 Å². The van der Waals surface area contributed by atoms with Crippen LogP contribution >= 0.6 is 0 Å². The molecule has 3 heteroatoms. The first-order valence-electron chi connectivity index (χ1n) is 5.40. The average Bonchev–Trinajstić information content (AvgIpc) is 2.28. The maximum Gasteiger partial charge on any atom is 0.122 e. The molecule has 0 unspecified atom stereocenters. The van der Waals surface area contributed by atoms with E-state index in [-0.39, 0.29) is 0 Å². The first-order chi connectivity index (χ1) is 7.69. The molecule has 0 radical (unpaired) electrons. The first kappa shape index (κ1) is 12.5. The number of ether oxygens (including phenoxy) is 1. The van der Waals surface area contributed by atoms with Gasteiger partial charge in [-0.15, -0.1) is 0 Å². The van der Waals surface area contributed by atoms with Crippen LogP contribution in [0.5, 0.6) is 5.75 Å². The van der Waals surface area contributed by atoms with Crippen LogP contribution in [0.3, 0.4) is 0 Å². The highest BCUT2D eigenvalue weighted by atomic mass is 16.5. The van der Waals surface area contributed by atoms with Gasteiger partial charge in [-0.25, -0.2) is 0 Å². The lowest BCUT2D eigenvalue weighted by atomic mass is 10.0. The molecule has 0 atom stereocenters. The van der Waals surface area contributed by atoms with Crippen LogP contribution in [-0.2, 0) is 6.54 Å². The minimum atomic E-state index is 0.550. The second-order valence-corrected chi connectivity index (χ2v) is 3.83. The Morgan fingerprint density at radius 2 is 2.06 bits per heavy atom. The van der Waals surface area contributed by atoms with E-state index in [1.54, 1.807) is 7.11 Å². The van der Waals surface area contributed by atoms with Crippen molar-refractivity contribution in [1.82, 2.24) is 5.32 Å². The lowest BCUT2D eigenvalue weighted by Crippen LogP contribution is -2.15. The van der Waals surface area contributed by atoms with Crippen molar-refractivity contribution in [2.45, 2.75) is 26.8 Å². The van der Waals surface area contributed by atoms with Crippen LogP contribution < -0.4 is 10.1 Å². The van der Waals surface area contributed by atoms with Crippen molar-refractivity contribution in [3.05, 3.63) is 28.8 Å². The van der Waals surface area contributed by atoms with Crippen molar-refractivity contribution >= 4 is 0 Å². The molecule has 16 heavy (non-hydrogen) atoms. The molecule has 1 rings (SSSR count). The first-order valence-corrected chi connectivity index (χ1v) is 5.40. The van der Waals surface area contributed by atoms with Crippen LogP contribution in [-0.4, -0.2) is 13.7 Å². The van der Waals surface area contributed by atoms with Gasteiger partial charge in [0.15, 0.2) is 0 Å². The van der Waals surface area contributed by atoms with Gasteiger partial charge in [-0.2, -0.15) is 5.26 Å². The number of nitrogens with zero attached hydrogens (tertiary/aromatic N) is 1. The minimum Gasteiger partial charge on any atom is -0.496 e. The van der Waals surface area contributed by atoms with E-state index in [9.17, 15) is 0 Å². The van der Waals surface area contributed by atoms with E-state index in [1.165, 1.54) is 11.1 Å². The molecule has 0 fully saturated rings. The average molecular weight is 218 g/mol.